The molecule has 0 bridgehead atoms. The average molecular weight is 376 g/mol. The van der Waals surface area contributed by atoms with E-state index in [1.54, 1.807) is 27.8 Å². The van der Waals surface area contributed by atoms with Crippen LogP contribution in [0.1, 0.15) is 42.2 Å². The van der Waals surface area contributed by atoms with Crippen molar-refractivity contribution in [3.05, 3.63) is 38.4 Å². The van der Waals surface area contributed by atoms with Crippen molar-refractivity contribution in [2.24, 2.45) is 0 Å². The maximum absolute atomic E-state index is 13.1. The SMILES string of the molecule is Cc1ccsc1C1CCCCCN1S(=O)(=O)c1ccc(Cl)s1. The van der Waals surface area contributed by atoms with Gasteiger partial charge in [-0.2, -0.15) is 4.31 Å². The van der Waals surface area contributed by atoms with Gasteiger partial charge in [-0.3, -0.25) is 0 Å². The number of hydrogen-bond acceptors (Lipinski definition) is 4. The topological polar surface area (TPSA) is 37.4 Å². The van der Waals surface area contributed by atoms with E-state index in [0.717, 1.165) is 37.0 Å². The van der Waals surface area contributed by atoms with Crippen LogP contribution in [0.25, 0.3) is 0 Å². The largest absolute Gasteiger partial charge is 0.253 e. The summed E-state index contributed by atoms with van der Waals surface area (Å²) in [6.45, 7) is 2.64. The first-order valence-corrected chi connectivity index (χ1v) is 10.8. The van der Waals surface area contributed by atoms with E-state index in [1.165, 1.54) is 10.4 Å². The highest BCUT2D eigenvalue weighted by molar-refractivity contribution is 7.91. The molecule has 1 saturated heterocycles. The van der Waals surface area contributed by atoms with Crippen LogP contribution < -0.4 is 0 Å². The first kappa shape index (κ1) is 16.5. The van der Waals surface area contributed by atoms with Gasteiger partial charge >= 0.3 is 0 Å². The van der Waals surface area contributed by atoms with Crippen LogP contribution >= 0.6 is 34.3 Å². The molecule has 3 nitrogen and oxygen atoms in total. The summed E-state index contributed by atoms with van der Waals surface area (Å²) in [6, 6.07) is 5.29. The third kappa shape index (κ3) is 3.12. The summed E-state index contributed by atoms with van der Waals surface area (Å²) in [5, 5.41) is 2.04. The summed E-state index contributed by atoms with van der Waals surface area (Å²) < 4.78 is 28.7. The lowest BCUT2D eigenvalue weighted by molar-refractivity contribution is 0.333. The molecule has 22 heavy (non-hydrogen) atoms. The Labute approximate surface area is 144 Å². The van der Waals surface area contributed by atoms with Crippen LogP contribution in [0, 0.1) is 6.92 Å². The van der Waals surface area contributed by atoms with Gasteiger partial charge in [-0.1, -0.05) is 24.4 Å². The van der Waals surface area contributed by atoms with Gasteiger partial charge in [-0.15, -0.1) is 22.7 Å². The zero-order chi connectivity index (χ0) is 15.7. The molecule has 3 rings (SSSR count). The fourth-order valence-corrected chi connectivity index (χ4v) is 7.33. The molecule has 0 N–H and O–H groups in total. The van der Waals surface area contributed by atoms with E-state index in [1.807, 2.05) is 5.38 Å². The number of halogens is 1. The van der Waals surface area contributed by atoms with E-state index < -0.39 is 10.0 Å². The zero-order valence-electron chi connectivity index (χ0n) is 12.3. The molecule has 3 heterocycles. The summed E-state index contributed by atoms with van der Waals surface area (Å²) in [5.74, 6) is 0. The Balaban J connectivity index is 2.02. The number of sulfonamides is 1. The van der Waals surface area contributed by atoms with E-state index in [4.69, 9.17) is 11.6 Å². The van der Waals surface area contributed by atoms with Crippen molar-refractivity contribution in [2.75, 3.05) is 6.54 Å². The van der Waals surface area contributed by atoms with Crippen molar-refractivity contribution in [1.29, 1.82) is 0 Å². The average Bonchev–Trinajstić information content (AvgIpc) is 3.01. The lowest BCUT2D eigenvalue weighted by atomic mass is 10.1. The van der Waals surface area contributed by atoms with Gasteiger partial charge in [0, 0.05) is 11.4 Å². The number of rotatable bonds is 3. The zero-order valence-corrected chi connectivity index (χ0v) is 15.5. The van der Waals surface area contributed by atoms with Gasteiger partial charge < -0.3 is 0 Å². The van der Waals surface area contributed by atoms with Crippen LogP contribution in [-0.4, -0.2) is 19.3 Å². The third-order valence-corrected chi connectivity index (χ3v) is 8.75. The molecule has 2 aromatic heterocycles. The second-order valence-electron chi connectivity index (χ2n) is 5.51. The van der Waals surface area contributed by atoms with Gasteiger partial charge in [0.05, 0.1) is 10.4 Å². The number of nitrogens with zero attached hydrogens (tertiary/aromatic N) is 1. The molecule has 1 atom stereocenters. The van der Waals surface area contributed by atoms with Crippen LogP contribution in [-0.2, 0) is 10.0 Å². The molecule has 2 aromatic rings. The van der Waals surface area contributed by atoms with E-state index in [-0.39, 0.29) is 6.04 Å². The fraction of sp³-hybridized carbons (Fsp3) is 0.467. The molecule has 0 aliphatic carbocycles. The quantitative estimate of drug-likeness (QED) is 0.750. The standard InChI is InChI=1S/C15H18ClNO2S3/c1-11-8-10-20-15(11)12-5-3-2-4-9-17(12)22(18,19)14-7-6-13(16)21-14/h6-8,10,12H,2-5,9H2,1H3. The minimum absolute atomic E-state index is 0.0478. The second kappa shape index (κ2) is 6.61. The molecule has 0 aromatic carbocycles. The van der Waals surface area contributed by atoms with Crippen molar-refractivity contribution in [3.63, 3.8) is 0 Å². The molecule has 1 fully saturated rings. The minimum Gasteiger partial charge on any atom is -0.206 e. The van der Waals surface area contributed by atoms with Crippen molar-refractivity contribution in [1.82, 2.24) is 4.31 Å². The molecular weight excluding hydrogens is 358 g/mol. The van der Waals surface area contributed by atoms with Crippen molar-refractivity contribution >= 4 is 44.3 Å². The molecule has 1 unspecified atom stereocenters. The van der Waals surface area contributed by atoms with E-state index in [9.17, 15) is 8.42 Å². The third-order valence-electron chi connectivity index (χ3n) is 4.02. The summed E-state index contributed by atoms with van der Waals surface area (Å²) in [4.78, 5) is 1.17. The Kier molecular flexibility index (Phi) is 4.95. The van der Waals surface area contributed by atoms with Crippen molar-refractivity contribution in [2.45, 2.75) is 42.9 Å². The highest BCUT2D eigenvalue weighted by atomic mass is 35.5. The Bertz CT molecular complexity index is 750. The lowest BCUT2D eigenvalue weighted by Crippen LogP contribution is -2.34. The number of hydrogen-bond donors (Lipinski definition) is 0. The Morgan fingerprint density at radius 3 is 2.68 bits per heavy atom. The smallest absolute Gasteiger partial charge is 0.206 e. The second-order valence-corrected chi connectivity index (χ2v) is 10.3. The minimum atomic E-state index is -3.48. The summed E-state index contributed by atoms with van der Waals surface area (Å²) in [5.41, 5.74) is 1.18. The highest BCUT2D eigenvalue weighted by Crippen LogP contribution is 2.39. The fourth-order valence-electron chi connectivity index (χ4n) is 2.91. The Morgan fingerprint density at radius 2 is 2.05 bits per heavy atom. The molecule has 0 saturated carbocycles. The first-order chi connectivity index (χ1) is 10.5. The van der Waals surface area contributed by atoms with Gasteiger partial charge in [0.15, 0.2) is 0 Å². The van der Waals surface area contributed by atoms with Crippen LogP contribution in [0.3, 0.4) is 0 Å². The normalized spacial score (nSPS) is 20.9. The Morgan fingerprint density at radius 1 is 1.23 bits per heavy atom. The van der Waals surface area contributed by atoms with Crippen LogP contribution in [0.4, 0.5) is 0 Å². The molecule has 1 aliphatic rings. The van der Waals surface area contributed by atoms with Gasteiger partial charge in [-0.25, -0.2) is 8.42 Å². The number of aryl methyl sites for hydroxylation is 1. The molecular formula is C15H18ClNO2S3. The maximum atomic E-state index is 13.1. The molecule has 0 radical (unpaired) electrons. The summed E-state index contributed by atoms with van der Waals surface area (Å²) in [6.07, 6.45) is 3.95. The molecule has 1 aliphatic heterocycles. The highest BCUT2D eigenvalue weighted by Gasteiger charge is 2.35. The monoisotopic (exact) mass is 375 g/mol. The van der Waals surface area contributed by atoms with Crippen LogP contribution in [0.2, 0.25) is 4.34 Å². The van der Waals surface area contributed by atoms with E-state index in [0.29, 0.717) is 15.1 Å². The summed E-state index contributed by atoms with van der Waals surface area (Å²) >= 11 is 8.73. The van der Waals surface area contributed by atoms with Gasteiger partial charge in [0.25, 0.3) is 10.0 Å². The first-order valence-electron chi connectivity index (χ1n) is 7.31. The van der Waals surface area contributed by atoms with Crippen molar-refractivity contribution < 1.29 is 8.42 Å². The molecule has 0 amide bonds. The van der Waals surface area contributed by atoms with Gasteiger partial charge in [0.2, 0.25) is 0 Å². The molecule has 120 valence electrons. The number of thiophene rings is 2. The van der Waals surface area contributed by atoms with Crippen LogP contribution in [0.5, 0.6) is 0 Å². The molecule has 0 spiro atoms. The van der Waals surface area contributed by atoms with E-state index >= 15 is 0 Å². The summed E-state index contributed by atoms with van der Waals surface area (Å²) in [7, 11) is -3.48. The Hall–Kier alpha value is -0.400. The lowest BCUT2D eigenvalue weighted by Gasteiger charge is -2.28. The van der Waals surface area contributed by atoms with Crippen molar-refractivity contribution in [3.8, 4) is 0 Å². The predicted molar refractivity (Wildman–Crippen MR) is 93.5 cm³/mol. The van der Waals surface area contributed by atoms with Gasteiger partial charge in [-0.05, 0) is 48.9 Å². The van der Waals surface area contributed by atoms with Crippen LogP contribution in [0.15, 0.2) is 27.8 Å². The maximum Gasteiger partial charge on any atom is 0.253 e. The molecule has 7 heteroatoms. The van der Waals surface area contributed by atoms with E-state index in [2.05, 4.69) is 13.0 Å². The van der Waals surface area contributed by atoms with Gasteiger partial charge in [0.1, 0.15) is 4.21 Å². The predicted octanol–water partition coefficient (Wildman–Crippen LogP) is 5.08.